The number of phenols is 3. The molecular formula is C38H47NO13. The van der Waals surface area contributed by atoms with Crippen molar-refractivity contribution in [1.29, 1.82) is 0 Å². The third-order valence-electron chi connectivity index (χ3n) is 10.2. The smallest absolute Gasteiger partial charge is 0.312 e. The van der Waals surface area contributed by atoms with E-state index in [1.165, 1.54) is 53.0 Å². The number of aldehydes is 1. The number of aliphatic hydroxyl groups is 2. The molecule has 0 aromatic heterocycles. The number of hydrogen-bond acceptors (Lipinski definition) is 13. The molecule has 0 fully saturated rings. The van der Waals surface area contributed by atoms with Crippen LogP contribution in [-0.4, -0.2) is 86.8 Å². The molecule has 0 saturated heterocycles. The molecule has 52 heavy (non-hydrogen) atoms. The van der Waals surface area contributed by atoms with Crippen molar-refractivity contribution in [3.05, 3.63) is 52.8 Å². The zero-order valence-electron chi connectivity index (χ0n) is 30.6. The fourth-order valence-corrected chi connectivity index (χ4v) is 6.86. The van der Waals surface area contributed by atoms with E-state index in [-0.39, 0.29) is 28.7 Å². The molecule has 3 aliphatic rings. The summed E-state index contributed by atoms with van der Waals surface area (Å²) >= 11 is 0. The van der Waals surface area contributed by atoms with E-state index >= 15 is 0 Å². The van der Waals surface area contributed by atoms with E-state index in [0.29, 0.717) is 0 Å². The lowest BCUT2D eigenvalue weighted by Crippen LogP contribution is -2.46. The number of phenolic OH excluding ortho intramolecular Hbond substituents is 3. The molecule has 0 aliphatic carbocycles. The normalized spacial score (nSPS) is 32.3. The number of amides is 1. The molecular weight excluding hydrogens is 678 g/mol. The topological polar surface area (TPSA) is 218 Å². The maximum Gasteiger partial charge on any atom is 0.312 e. The zero-order valence-corrected chi connectivity index (χ0v) is 30.6. The van der Waals surface area contributed by atoms with E-state index in [4.69, 9.17) is 18.9 Å². The van der Waals surface area contributed by atoms with Gasteiger partial charge in [0.25, 0.3) is 11.7 Å². The molecule has 9 atom stereocenters. The summed E-state index contributed by atoms with van der Waals surface area (Å²) in [4.78, 5) is 51.8. The van der Waals surface area contributed by atoms with Gasteiger partial charge in [0.1, 0.15) is 23.4 Å². The number of methoxy groups -OCH3 is 1. The number of aliphatic hydroxyl groups excluding tert-OH is 2. The number of anilines is 1. The van der Waals surface area contributed by atoms with E-state index in [0.717, 1.165) is 6.26 Å². The first-order valence-electron chi connectivity index (χ1n) is 16.9. The number of rotatable bonds is 3. The Morgan fingerprint density at radius 1 is 0.942 bits per heavy atom. The highest BCUT2D eigenvalue weighted by Gasteiger charge is 2.50. The van der Waals surface area contributed by atoms with Gasteiger partial charge in [-0.2, -0.15) is 0 Å². The number of carbonyl (C=O) groups is 4. The van der Waals surface area contributed by atoms with Crippen LogP contribution in [-0.2, 0) is 23.8 Å². The van der Waals surface area contributed by atoms with Crippen LogP contribution in [0.3, 0.4) is 0 Å². The van der Waals surface area contributed by atoms with Crippen LogP contribution in [0.5, 0.6) is 23.0 Å². The molecule has 14 nitrogen and oxygen atoms in total. The van der Waals surface area contributed by atoms with E-state index in [9.17, 15) is 44.7 Å². The molecule has 6 N–H and O–H groups in total. The van der Waals surface area contributed by atoms with Crippen molar-refractivity contribution in [1.82, 2.24) is 0 Å². The lowest BCUT2D eigenvalue weighted by atomic mass is 9.78. The van der Waals surface area contributed by atoms with Crippen LogP contribution < -0.4 is 10.1 Å². The molecule has 14 heteroatoms. The SMILES string of the molecule is CO[C@H]1/C=C/O[C@@]2(C)Oc3c(C)c(O)c4c(O)c(c(C=O)c(O)c4c3C2=O)NC(=O)/C(C)=C\C=C\[C@H](C)C(O)[C@@H](C)[C@@H](O)[C@@H](C)[C@H](OC(C)=O)[C@@H]1C. The maximum absolute atomic E-state index is 14.0. The Morgan fingerprint density at radius 3 is 2.19 bits per heavy atom. The molecule has 5 rings (SSSR count). The predicted molar refractivity (Wildman–Crippen MR) is 189 cm³/mol. The number of carbonyl (C=O) groups excluding carboxylic acids is 4. The summed E-state index contributed by atoms with van der Waals surface area (Å²) in [5.41, 5.74) is -1.27. The van der Waals surface area contributed by atoms with Gasteiger partial charge in [-0.25, -0.2) is 0 Å². The molecule has 5 bridgehead atoms. The first-order valence-corrected chi connectivity index (χ1v) is 16.9. The van der Waals surface area contributed by atoms with E-state index in [1.807, 2.05) is 0 Å². The molecule has 2 aromatic carbocycles. The Bertz CT molecular complexity index is 1860. The molecule has 2 aromatic rings. The lowest BCUT2D eigenvalue weighted by Gasteiger charge is -2.38. The third-order valence-corrected chi connectivity index (χ3v) is 10.2. The highest BCUT2D eigenvalue weighted by Crippen LogP contribution is 2.55. The zero-order chi connectivity index (χ0) is 39.0. The number of hydrogen-bond donors (Lipinski definition) is 6. The van der Waals surface area contributed by atoms with Gasteiger partial charge < -0.3 is 49.8 Å². The van der Waals surface area contributed by atoms with Crippen LogP contribution in [0.15, 0.2) is 36.1 Å². The number of ether oxygens (including phenoxy) is 4. The monoisotopic (exact) mass is 725 g/mol. The van der Waals surface area contributed by atoms with Crippen molar-refractivity contribution < 1.29 is 63.7 Å². The Labute approximate surface area is 301 Å². The summed E-state index contributed by atoms with van der Waals surface area (Å²) in [5.74, 6) is -9.19. The number of esters is 1. The summed E-state index contributed by atoms with van der Waals surface area (Å²) in [5, 5.41) is 58.2. The average molecular weight is 726 g/mol. The summed E-state index contributed by atoms with van der Waals surface area (Å²) in [7, 11) is 1.41. The number of fused-ring (bicyclic) bond motifs is 14. The van der Waals surface area contributed by atoms with Crippen molar-refractivity contribution in [2.24, 2.45) is 23.7 Å². The molecule has 3 aliphatic heterocycles. The molecule has 0 saturated carbocycles. The van der Waals surface area contributed by atoms with Crippen LogP contribution in [0.4, 0.5) is 5.69 Å². The number of ketones is 1. The summed E-state index contributed by atoms with van der Waals surface area (Å²) < 4.78 is 23.1. The van der Waals surface area contributed by atoms with Crippen LogP contribution in [0.2, 0.25) is 0 Å². The quantitative estimate of drug-likeness (QED) is 0.111. The summed E-state index contributed by atoms with van der Waals surface area (Å²) in [6, 6.07) is 0. The van der Waals surface area contributed by atoms with Crippen LogP contribution in [0.25, 0.3) is 10.8 Å². The highest BCUT2D eigenvalue weighted by molar-refractivity contribution is 6.23. The number of benzene rings is 2. The van der Waals surface area contributed by atoms with E-state index in [2.05, 4.69) is 5.32 Å². The Balaban J connectivity index is 1.93. The number of allylic oxidation sites excluding steroid dienone is 2. The maximum atomic E-state index is 14.0. The second-order valence-corrected chi connectivity index (χ2v) is 13.7. The minimum Gasteiger partial charge on any atom is -0.507 e. The van der Waals surface area contributed by atoms with Crippen molar-refractivity contribution in [2.45, 2.75) is 85.6 Å². The van der Waals surface area contributed by atoms with Crippen LogP contribution in [0.1, 0.15) is 74.7 Å². The van der Waals surface area contributed by atoms with Gasteiger partial charge in [0, 0.05) is 61.2 Å². The molecule has 0 radical (unpaired) electrons. The summed E-state index contributed by atoms with van der Waals surface area (Å²) in [6.07, 6.45) is 3.41. The van der Waals surface area contributed by atoms with E-state index in [1.54, 1.807) is 33.8 Å². The fourth-order valence-electron chi connectivity index (χ4n) is 6.86. The first-order chi connectivity index (χ1) is 24.3. The van der Waals surface area contributed by atoms with E-state index < -0.39 is 111 Å². The summed E-state index contributed by atoms with van der Waals surface area (Å²) in [6.45, 7) is 12.2. The van der Waals surface area contributed by atoms with Gasteiger partial charge >= 0.3 is 11.8 Å². The number of Topliss-reactive ketones (excluding diaryl/α,β-unsaturated/α-hetero) is 1. The van der Waals surface area contributed by atoms with Crippen molar-refractivity contribution in [3.63, 3.8) is 0 Å². The minimum absolute atomic E-state index is 0.00425. The van der Waals surface area contributed by atoms with Gasteiger partial charge in [0.15, 0.2) is 12.0 Å². The third kappa shape index (κ3) is 7.10. The van der Waals surface area contributed by atoms with Gasteiger partial charge in [-0.3, -0.25) is 19.2 Å². The number of aromatic hydroxyl groups is 3. The van der Waals surface area contributed by atoms with Crippen LogP contribution in [0, 0.1) is 30.6 Å². The van der Waals surface area contributed by atoms with Crippen molar-refractivity contribution in [2.75, 3.05) is 12.4 Å². The fraction of sp³-hybridized carbons (Fsp3) is 0.474. The van der Waals surface area contributed by atoms with Gasteiger partial charge in [0.05, 0.1) is 46.8 Å². The van der Waals surface area contributed by atoms with Gasteiger partial charge in [-0.05, 0) is 19.9 Å². The second-order valence-electron chi connectivity index (χ2n) is 13.7. The van der Waals surface area contributed by atoms with Crippen molar-refractivity contribution in [3.8, 4) is 23.0 Å². The average Bonchev–Trinajstić information content (AvgIpc) is 3.36. The van der Waals surface area contributed by atoms with Gasteiger partial charge in [-0.15, -0.1) is 0 Å². The standard InChI is InChI=1S/C38H47NO13/c1-16-11-10-12-17(2)37(48)39-28-23(15-40)32(45)25-26(33(28)46)31(44)21(6)35-27(25)36(47)38(8,52-35)50-14-13-24(49-9)18(3)34(51-22(7)41)20(5)30(43)19(4)29(16)42/h10-16,18-20,24,29-30,34,42-46H,1-9H3,(H,39,48)/b11-10+,14-13+,17-12-/t16-,18+,19+,20+,24-,29?,30+,34+,38-/m0/s1. The second kappa shape index (κ2) is 15.4. The molecule has 1 amide bonds. The molecule has 1 unspecified atom stereocenters. The molecule has 0 spiro atoms. The minimum atomic E-state index is -2.08. The van der Waals surface area contributed by atoms with Gasteiger partial charge in [0.2, 0.25) is 0 Å². The Kier molecular flexibility index (Phi) is 11.8. The molecule has 282 valence electrons. The molecule has 3 heterocycles. The first kappa shape index (κ1) is 39.9. The lowest BCUT2D eigenvalue weighted by molar-refractivity contribution is -0.160. The Hall–Kier alpha value is -4.92. The Morgan fingerprint density at radius 2 is 1.60 bits per heavy atom. The van der Waals surface area contributed by atoms with Gasteiger partial charge in [-0.1, -0.05) is 45.9 Å². The predicted octanol–water partition coefficient (Wildman–Crippen LogP) is 4.57. The largest absolute Gasteiger partial charge is 0.507 e. The number of nitrogens with one attached hydrogen (secondary N) is 1. The van der Waals surface area contributed by atoms with Crippen molar-refractivity contribution >= 4 is 40.4 Å². The highest BCUT2D eigenvalue weighted by atomic mass is 16.7. The van der Waals surface area contributed by atoms with Crippen LogP contribution >= 0.6 is 0 Å².